The van der Waals surface area contributed by atoms with Crippen LogP contribution in [0.2, 0.25) is 0 Å². The van der Waals surface area contributed by atoms with Crippen LogP contribution >= 0.6 is 11.3 Å². The Hall–Kier alpha value is -2.78. The molecule has 0 aliphatic carbocycles. The highest BCUT2D eigenvalue weighted by molar-refractivity contribution is 7.13. The maximum atomic E-state index is 13.2. The van der Waals surface area contributed by atoms with Crippen LogP contribution in [-0.4, -0.2) is 51.4 Å². The van der Waals surface area contributed by atoms with Crippen molar-refractivity contribution in [3.8, 4) is 10.4 Å². The zero-order valence-electron chi connectivity index (χ0n) is 20.4. The van der Waals surface area contributed by atoms with Crippen LogP contribution in [0.25, 0.3) is 10.4 Å². The first-order valence-electron chi connectivity index (χ1n) is 11.5. The van der Waals surface area contributed by atoms with Gasteiger partial charge in [-0.1, -0.05) is 45.0 Å². The number of hydrogen-bond acceptors (Lipinski definition) is 6. The number of aryl methyl sites for hydroxylation is 1. The van der Waals surface area contributed by atoms with E-state index in [9.17, 15) is 19.5 Å². The highest BCUT2D eigenvalue weighted by Crippen LogP contribution is 2.31. The summed E-state index contributed by atoms with van der Waals surface area (Å²) in [7, 11) is 0. The largest absolute Gasteiger partial charge is 0.481 e. The van der Waals surface area contributed by atoms with E-state index in [0.717, 1.165) is 21.7 Å². The number of carbonyl (C=O) groups is 3. The van der Waals surface area contributed by atoms with Gasteiger partial charge in [0.1, 0.15) is 6.04 Å². The summed E-state index contributed by atoms with van der Waals surface area (Å²) in [6.45, 7) is 9.69. The molecule has 34 heavy (non-hydrogen) atoms. The molecular formula is C25H34N4O4S. The monoisotopic (exact) mass is 486 g/mol. The molecule has 1 fully saturated rings. The Kier molecular flexibility index (Phi) is 7.77. The molecule has 0 bridgehead atoms. The van der Waals surface area contributed by atoms with E-state index in [2.05, 4.69) is 10.3 Å². The fraction of sp³-hybridized carbons (Fsp3) is 0.520. The summed E-state index contributed by atoms with van der Waals surface area (Å²) >= 11 is 1.59. The minimum Gasteiger partial charge on any atom is -0.481 e. The Bertz CT molecular complexity index is 1040. The molecule has 0 radical (unpaired) electrons. The molecule has 2 heterocycles. The number of amides is 2. The van der Waals surface area contributed by atoms with Crippen LogP contribution in [0.5, 0.6) is 0 Å². The van der Waals surface area contributed by atoms with Gasteiger partial charge in [0, 0.05) is 13.0 Å². The molecular weight excluding hydrogens is 452 g/mol. The molecule has 1 saturated heterocycles. The smallest absolute Gasteiger partial charge is 0.303 e. The van der Waals surface area contributed by atoms with E-state index in [1.165, 1.54) is 4.90 Å². The summed E-state index contributed by atoms with van der Waals surface area (Å²) in [6, 6.07) is 6.15. The van der Waals surface area contributed by atoms with Gasteiger partial charge in [0.15, 0.2) is 0 Å². The van der Waals surface area contributed by atoms with Crippen LogP contribution in [0.4, 0.5) is 0 Å². The Morgan fingerprint density at radius 3 is 2.44 bits per heavy atom. The van der Waals surface area contributed by atoms with Gasteiger partial charge >= 0.3 is 5.97 Å². The maximum Gasteiger partial charge on any atom is 0.303 e. The molecule has 9 heteroatoms. The molecule has 3 rings (SSSR count). The molecule has 1 aliphatic rings. The first-order valence-corrected chi connectivity index (χ1v) is 12.3. The molecule has 0 spiro atoms. The van der Waals surface area contributed by atoms with Gasteiger partial charge in [0.05, 0.1) is 28.2 Å². The number of carboxylic acids is 1. The fourth-order valence-electron chi connectivity index (χ4n) is 4.25. The van der Waals surface area contributed by atoms with Crippen molar-refractivity contribution < 1.29 is 19.5 Å². The van der Waals surface area contributed by atoms with Gasteiger partial charge in [-0.2, -0.15) is 0 Å². The lowest BCUT2D eigenvalue weighted by atomic mass is 9.86. The van der Waals surface area contributed by atoms with Crippen molar-refractivity contribution in [1.82, 2.24) is 15.2 Å². The topological polar surface area (TPSA) is 126 Å². The second-order valence-corrected chi connectivity index (χ2v) is 11.0. The Morgan fingerprint density at radius 1 is 1.26 bits per heavy atom. The average molecular weight is 487 g/mol. The Balaban J connectivity index is 1.74. The van der Waals surface area contributed by atoms with Gasteiger partial charge in [-0.25, -0.2) is 4.98 Å². The third-order valence-corrected chi connectivity index (χ3v) is 7.39. The quantitative estimate of drug-likeness (QED) is 0.551. The van der Waals surface area contributed by atoms with Crippen molar-refractivity contribution in [1.29, 1.82) is 0 Å². The minimum absolute atomic E-state index is 0.0909. The summed E-state index contributed by atoms with van der Waals surface area (Å²) in [5, 5.41) is 12.2. The van der Waals surface area contributed by atoms with Crippen molar-refractivity contribution in [2.24, 2.45) is 17.1 Å². The third kappa shape index (κ3) is 5.82. The van der Waals surface area contributed by atoms with Gasteiger partial charge in [0.25, 0.3) is 0 Å². The van der Waals surface area contributed by atoms with E-state index in [1.807, 2.05) is 64.4 Å². The fourth-order valence-corrected chi connectivity index (χ4v) is 5.07. The zero-order valence-corrected chi connectivity index (χ0v) is 21.2. The number of likely N-dealkylation sites (tertiary alicyclic amines) is 1. The lowest BCUT2D eigenvalue weighted by molar-refractivity contribution is -0.141. The number of aromatic nitrogens is 1. The molecule has 8 nitrogen and oxygen atoms in total. The predicted octanol–water partition coefficient (Wildman–Crippen LogP) is 3.36. The third-order valence-electron chi connectivity index (χ3n) is 6.41. The minimum atomic E-state index is -0.941. The second kappa shape index (κ2) is 10.2. The van der Waals surface area contributed by atoms with Crippen molar-refractivity contribution in [2.75, 3.05) is 6.54 Å². The summed E-state index contributed by atoms with van der Waals surface area (Å²) in [4.78, 5) is 44.5. The van der Waals surface area contributed by atoms with Gasteiger partial charge in [-0.3, -0.25) is 14.4 Å². The van der Waals surface area contributed by atoms with E-state index in [-0.39, 0.29) is 36.7 Å². The van der Waals surface area contributed by atoms with Crippen molar-refractivity contribution >= 4 is 29.1 Å². The van der Waals surface area contributed by atoms with Crippen molar-refractivity contribution in [3.63, 3.8) is 0 Å². The number of rotatable bonds is 7. The van der Waals surface area contributed by atoms with E-state index >= 15 is 0 Å². The maximum absolute atomic E-state index is 13.2. The van der Waals surface area contributed by atoms with Crippen molar-refractivity contribution in [3.05, 3.63) is 41.0 Å². The number of aliphatic carboxylic acids is 1. The lowest BCUT2D eigenvalue weighted by Crippen LogP contribution is -2.55. The first-order chi connectivity index (χ1) is 15.9. The van der Waals surface area contributed by atoms with Gasteiger partial charge < -0.3 is 21.1 Å². The normalized spacial score (nSPS) is 20.1. The summed E-state index contributed by atoms with van der Waals surface area (Å²) in [5.41, 5.74) is 10.5. The van der Waals surface area contributed by atoms with Crippen LogP contribution in [0.15, 0.2) is 29.8 Å². The molecule has 4 N–H and O–H groups in total. The number of carboxylic acid groups (broad SMARTS) is 1. The van der Waals surface area contributed by atoms with Crippen molar-refractivity contribution in [2.45, 2.75) is 65.6 Å². The lowest BCUT2D eigenvalue weighted by Gasteiger charge is -2.33. The summed E-state index contributed by atoms with van der Waals surface area (Å²) < 4.78 is 0. The summed E-state index contributed by atoms with van der Waals surface area (Å²) in [5.74, 6) is -1.85. The molecule has 1 aliphatic heterocycles. The van der Waals surface area contributed by atoms with E-state index in [1.54, 1.807) is 11.3 Å². The average Bonchev–Trinajstić information content (AvgIpc) is 3.37. The van der Waals surface area contributed by atoms with Gasteiger partial charge in [0.2, 0.25) is 11.8 Å². The Labute approximate surface area is 204 Å². The van der Waals surface area contributed by atoms with Crippen LogP contribution in [0.1, 0.15) is 57.8 Å². The van der Waals surface area contributed by atoms with Gasteiger partial charge in [-0.15, -0.1) is 11.3 Å². The number of benzene rings is 1. The molecule has 4 atom stereocenters. The zero-order chi connectivity index (χ0) is 25.2. The molecule has 2 amide bonds. The van der Waals surface area contributed by atoms with Crippen LogP contribution in [0, 0.1) is 18.3 Å². The predicted molar refractivity (Wildman–Crippen MR) is 132 cm³/mol. The standard InChI is InChI=1S/C25H34N4O4S/c1-14(17-6-8-18(9-7-17)21-15(2)27-13-34-21)28-23(32)19-10-16(11-20(30)31)12-29(19)24(33)22(26)25(3,4)5/h6-9,13-14,16,19,22H,10-12,26H2,1-5H3,(H,28,32)(H,30,31)/t14-,16+,19-,22?/m0/s1. The number of nitrogens with two attached hydrogens (primary N) is 1. The number of hydrogen-bond donors (Lipinski definition) is 3. The van der Waals surface area contributed by atoms with E-state index < -0.39 is 23.5 Å². The number of nitrogens with zero attached hydrogens (tertiary/aromatic N) is 2. The first kappa shape index (κ1) is 25.8. The Morgan fingerprint density at radius 2 is 1.91 bits per heavy atom. The second-order valence-electron chi connectivity index (χ2n) is 10.2. The SMILES string of the molecule is Cc1ncsc1-c1ccc([C@H](C)NC(=O)[C@@H]2C[C@H](CC(=O)O)CN2C(=O)C(N)C(C)(C)C)cc1. The summed E-state index contributed by atoms with van der Waals surface area (Å²) in [6.07, 6.45) is 0.212. The molecule has 1 unspecified atom stereocenters. The highest BCUT2D eigenvalue weighted by Gasteiger charge is 2.43. The molecule has 2 aromatic rings. The molecule has 1 aromatic carbocycles. The highest BCUT2D eigenvalue weighted by atomic mass is 32.1. The van der Waals surface area contributed by atoms with Crippen LogP contribution < -0.4 is 11.1 Å². The van der Waals surface area contributed by atoms with Gasteiger partial charge in [-0.05, 0) is 42.7 Å². The van der Waals surface area contributed by atoms with Crippen LogP contribution in [0.3, 0.4) is 0 Å². The number of nitrogens with one attached hydrogen (secondary N) is 1. The molecule has 0 saturated carbocycles. The molecule has 184 valence electrons. The molecule has 1 aromatic heterocycles. The number of thiazole rings is 1. The van der Waals surface area contributed by atoms with E-state index in [4.69, 9.17) is 5.73 Å². The number of carbonyl (C=O) groups excluding carboxylic acids is 2. The van der Waals surface area contributed by atoms with E-state index in [0.29, 0.717) is 6.42 Å². The van der Waals surface area contributed by atoms with Crippen LogP contribution in [-0.2, 0) is 14.4 Å².